The summed E-state index contributed by atoms with van der Waals surface area (Å²) in [5.41, 5.74) is 0.879. The molecule has 0 bridgehead atoms. The molecule has 5 heteroatoms. The molecule has 1 saturated carbocycles. The smallest absolute Gasteiger partial charge is 0.306 e. The van der Waals surface area contributed by atoms with E-state index in [2.05, 4.69) is 4.99 Å². The minimum atomic E-state index is -0.673. The third-order valence-corrected chi connectivity index (χ3v) is 4.00. The molecule has 0 aromatic heterocycles. The van der Waals surface area contributed by atoms with Gasteiger partial charge in [0.15, 0.2) is 11.5 Å². The Bertz CT molecular complexity index is 519. The van der Waals surface area contributed by atoms with E-state index in [4.69, 9.17) is 9.84 Å². The van der Waals surface area contributed by atoms with Crippen LogP contribution in [-0.2, 0) is 4.79 Å². The standard InChI is InChI=1S/C16H21NO4/c1-21-15-8-12(4-7-14(15)18)10-17-9-11-2-5-13(6-3-11)16(19)20/h4,7-8,10-11,13,18H,2-3,5-6,9H2,1H3,(H,19,20)/t11-,13-. The fraction of sp³-hybridized carbons (Fsp3) is 0.500. The Morgan fingerprint density at radius 2 is 2.10 bits per heavy atom. The summed E-state index contributed by atoms with van der Waals surface area (Å²) in [5, 5.41) is 18.5. The second-order valence-corrected chi connectivity index (χ2v) is 5.48. The molecule has 0 saturated heterocycles. The van der Waals surface area contributed by atoms with Crippen LogP contribution in [0.4, 0.5) is 0 Å². The maximum absolute atomic E-state index is 10.9. The van der Waals surface area contributed by atoms with Crippen molar-refractivity contribution in [3.63, 3.8) is 0 Å². The summed E-state index contributed by atoms with van der Waals surface area (Å²) in [5.74, 6) is 0.165. The van der Waals surface area contributed by atoms with Gasteiger partial charge in [-0.3, -0.25) is 9.79 Å². The molecule has 1 fully saturated rings. The zero-order valence-electron chi connectivity index (χ0n) is 12.2. The highest BCUT2D eigenvalue weighted by Crippen LogP contribution is 2.29. The molecule has 0 amide bonds. The highest BCUT2D eigenvalue weighted by Gasteiger charge is 2.25. The van der Waals surface area contributed by atoms with Crippen molar-refractivity contribution in [2.75, 3.05) is 13.7 Å². The molecule has 0 radical (unpaired) electrons. The van der Waals surface area contributed by atoms with E-state index in [1.165, 1.54) is 7.11 Å². The number of aromatic hydroxyl groups is 1. The Kier molecular flexibility index (Phi) is 5.20. The largest absolute Gasteiger partial charge is 0.504 e. The van der Waals surface area contributed by atoms with Gasteiger partial charge in [-0.05, 0) is 55.4 Å². The first-order chi connectivity index (χ1) is 10.1. The predicted molar refractivity (Wildman–Crippen MR) is 80.2 cm³/mol. The van der Waals surface area contributed by atoms with Crippen LogP contribution in [0.5, 0.6) is 11.5 Å². The normalized spacial score (nSPS) is 22.3. The topological polar surface area (TPSA) is 79.1 Å². The number of benzene rings is 1. The van der Waals surface area contributed by atoms with Crippen molar-refractivity contribution in [3.05, 3.63) is 23.8 Å². The first-order valence-electron chi connectivity index (χ1n) is 7.19. The number of carboxylic acids is 1. The molecular formula is C16H21NO4. The van der Waals surface area contributed by atoms with Gasteiger partial charge in [0.1, 0.15) is 0 Å². The summed E-state index contributed by atoms with van der Waals surface area (Å²) in [7, 11) is 1.51. The molecule has 0 heterocycles. The molecule has 0 aliphatic heterocycles. The zero-order chi connectivity index (χ0) is 15.2. The molecule has 1 aliphatic rings. The number of carboxylic acid groups (broad SMARTS) is 1. The van der Waals surface area contributed by atoms with E-state index < -0.39 is 5.97 Å². The van der Waals surface area contributed by atoms with Crippen LogP contribution in [0.2, 0.25) is 0 Å². The van der Waals surface area contributed by atoms with Crippen molar-refractivity contribution in [1.82, 2.24) is 0 Å². The van der Waals surface area contributed by atoms with Crippen LogP contribution in [0.3, 0.4) is 0 Å². The fourth-order valence-corrected chi connectivity index (χ4v) is 2.67. The lowest BCUT2D eigenvalue weighted by molar-refractivity contribution is -0.143. The molecule has 21 heavy (non-hydrogen) atoms. The summed E-state index contributed by atoms with van der Waals surface area (Å²) >= 11 is 0. The Morgan fingerprint density at radius 3 is 2.71 bits per heavy atom. The van der Waals surface area contributed by atoms with Gasteiger partial charge < -0.3 is 14.9 Å². The average molecular weight is 291 g/mol. The molecule has 5 nitrogen and oxygen atoms in total. The molecule has 2 rings (SSSR count). The van der Waals surface area contributed by atoms with E-state index in [0.717, 1.165) is 37.8 Å². The number of phenolic OH excluding ortho intramolecular Hbond substituents is 1. The van der Waals surface area contributed by atoms with Crippen LogP contribution in [0.25, 0.3) is 0 Å². The molecule has 114 valence electrons. The van der Waals surface area contributed by atoms with Crippen molar-refractivity contribution in [2.45, 2.75) is 25.7 Å². The van der Waals surface area contributed by atoms with Gasteiger partial charge in [-0.1, -0.05) is 0 Å². The van der Waals surface area contributed by atoms with E-state index in [1.54, 1.807) is 24.4 Å². The van der Waals surface area contributed by atoms with Crippen molar-refractivity contribution < 1.29 is 19.7 Å². The van der Waals surface area contributed by atoms with Gasteiger partial charge in [-0.2, -0.15) is 0 Å². The summed E-state index contributed by atoms with van der Waals surface area (Å²) in [6.07, 6.45) is 5.12. The number of ether oxygens (including phenoxy) is 1. The lowest BCUT2D eigenvalue weighted by Gasteiger charge is -2.24. The van der Waals surface area contributed by atoms with Crippen molar-refractivity contribution >= 4 is 12.2 Å². The van der Waals surface area contributed by atoms with E-state index in [0.29, 0.717) is 11.7 Å². The summed E-state index contributed by atoms with van der Waals surface area (Å²) in [6, 6.07) is 5.10. The van der Waals surface area contributed by atoms with Crippen LogP contribution in [0, 0.1) is 11.8 Å². The van der Waals surface area contributed by atoms with E-state index >= 15 is 0 Å². The molecule has 1 aromatic rings. The lowest BCUT2D eigenvalue weighted by atomic mass is 9.82. The molecule has 0 unspecified atom stereocenters. The number of hydrogen-bond donors (Lipinski definition) is 2. The van der Waals surface area contributed by atoms with Gasteiger partial charge in [-0.15, -0.1) is 0 Å². The van der Waals surface area contributed by atoms with Crippen LogP contribution in [-0.4, -0.2) is 36.1 Å². The number of nitrogens with zero attached hydrogens (tertiary/aromatic N) is 1. The van der Waals surface area contributed by atoms with Crippen molar-refractivity contribution in [3.8, 4) is 11.5 Å². The molecule has 0 spiro atoms. The predicted octanol–water partition coefficient (Wildman–Crippen LogP) is 2.71. The van der Waals surface area contributed by atoms with Gasteiger partial charge >= 0.3 is 5.97 Å². The molecule has 1 aliphatic carbocycles. The molecule has 2 N–H and O–H groups in total. The van der Waals surface area contributed by atoms with Gasteiger partial charge in [0.05, 0.1) is 13.0 Å². The SMILES string of the molecule is COc1cc(C=NC[C@H]2CC[C@H](C(=O)O)CC2)ccc1O. The number of phenols is 1. The second-order valence-electron chi connectivity index (χ2n) is 5.48. The van der Waals surface area contributed by atoms with E-state index in [-0.39, 0.29) is 11.7 Å². The Balaban J connectivity index is 1.84. The van der Waals surface area contributed by atoms with Gasteiger partial charge in [0.2, 0.25) is 0 Å². The van der Waals surface area contributed by atoms with Gasteiger partial charge in [0.25, 0.3) is 0 Å². The minimum Gasteiger partial charge on any atom is -0.504 e. The van der Waals surface area contributed by atoms with Crippen LogP contribution < -0.4 is 4.74 Å². The number of aliphatic imine (C=N–C) groups is 1. The average Bonchev–Trinajstić information content (AvgIpc) is 2.49. The Labute approximate surface area is 124 Å². The molecular weight excluding hydrogens is 270 g/mol. The molecule has 0 atom stereocenters. The number of methoxy groups -OCH3 is 1. The maximum Gasteiger partial charge on any atom is 0.306 e. The summed E-state index contributed by atoms with van der Waals surface area (Å²) < 4.78 is 5.05. The lowest BCUT2D eigenvalue weighted by Crippen LogP contribution is -2.22. The number of rotatable bonds is 5. The van der Waals surface area contributed by atoms with Crippen LogP contribution >= 0.6 is 0 Å². The first-order valence-corrected chi connectivity index (χ1v) is 7.19. The van der Waals surface area contributed by atoms with Crippen molar-refractivity contribution in [1.29, 1.82) is 0 Å². The zero-order valence-corrected chi connectivity index (χ0v) is 12.2. The fourth-order valence-electron chi connectivity index (χ4n) is 2.67. The van der Waals surface area contributed by atoms with Crippen molar-refractivity contribution in [2.24, 2.45) is 16.8 Å². The highest BCUT2D eigenvalue weighted by molar-refractivity contribution is 5.80. The quantitative estimate of drug-likeness (QED) is 0.817. The molecule has 1 aromatic carbocycles. The minimum absolute atomic E-state index is 0.113. The highest BCUT2D eigenvalue weighted by atomic mass is 16.5. The third kappa shape index (κ3) is 4.21. The van der Waals surface area contributed by atoms with E-state index in [1.807, 2.05) is 0 Å². The van der Waals surface area contributed by atoms with Gasteiger partial charge in [-0.25, -0.2) is 0 Å². The summed E-state index contributed by atoms with van der Waals surface area (Å²) in [4.78, 5) is 15.3. The first kappa shape index (κ1) is 15.4. The van der Waals surface area contributed by atoms with Crippen LogP contribution in [0.1, 0.15) is 31.2 Å². The Morgan fingerprint density at radius 1 is 1.38 bits per heavy atom. The monoisotopic (exact) mass is 291 g/mol. The van der Waals surface area contributed by atoms with Crippen LogP contribution in [0.15, 0.2) is 23.2 Å². The number of aliphatic carboxylic acids is 1. The Hall–Kier alpha value is -2.04. The maximum atomic E-state index is 10.9. The van der Waals surface area contributed by atoms with Gasteiger partial charge in [0, 0.05) is 12.8 Å². The second kappa shape index (κ2) is 7.11. The summed E-state index contributed by atoms with van der Waals surface area (Å²) in [6.45, 7) is 0.718. The third-order valence-electron chi connectivity index (χ3n) is 4.00. The van der Waals surface area contributed by atoms with E-state index in [9.17, 15) is 9.90 Å². The number of hydrogen-bond acceptors (Lipinski definition) is 4. The number of carbonyl (C=O) groups is 1.